The number of fused-ring (bicyclic) bond motifs is 1. The van der Waals surface area contributed by atoms with E-state index < -0.39 is 17.3 Å². The zero-order chi connectivity index (χ0) is 19.4. The standard InChI is InChI=1S/C20H20N2O4S/c1-22(2)20(25)18(13-8-4-3-5-9-13)26-17(23)12-16-19(24)21-14-10-6-7-11-15(14)27-16/h3-11,16,18H,12H2,1-2H3,(H,21,24)/t16-,18-/m1/s1. The number of anilines is 1. The number of ether oxygens (including phenoxy) is 1. The number of hydrogen-bond acceptors (Lipinski definition) is 5. The SMILES string of the molecule is CN(C)C(=O)[C@H](OC(=O)C[C@H]1Sc2ccccc2NC1=O)c1ccccc1. The molecule has 3 rings (SSSR count). The van der Waals surface area contributed by atoms with Gasteiger partial charge in [-0.1, -0.05) is 42.5 Å². The fraction of sp³-hybridized carbons (Fsp3) is 0.250. The summed E-state index contributed by atoms with van der Waals surface area (Å²) in [6, 6.07) is 16.3. The van der Waals surface area contributed by atoms with Crippen molar-refractivity contribution in [2.75, 3.05) is 19.4 Å². The van der Waals surface area contributed by atoms with Crippen molar-refractivity contribution < 1.29 is 19.1 Å². The van der Waals surface area contributed by atoms with Crippen LogP contribution in [-0.4, -0.2) is 42.0 Å². The van der Waals surface area contributed by atoms with Crippen LogP contribution >= 0.6 is 11.8 Å². The Morgan fingerprint density at radius 3 is 2.48 bits per heavy atom. The minimum Gasteiger partial charge on any atom is -0.447 e. The van der Waals surface area contributed by atoms with Crippen LogP contribution < -0.4 is 5.32 Å². The lowest BCUT2D eigenvalue weighted by Gasteiger charge is -2.25. The molecule has 0 spiro atoms. The normalized spacial score (nSPS) is 16.7. The van der Waals surface area contributed by atoms with Crippen LogP contribution in [0.3, 0.4) is 0 Å². The van der Waals surface area contributed by atoms with E-state index in [1.54, 1.807) is 38.4 Å². The monoisotopic (exact) mass is 384 g/mol. The maximum atomic E-state index is 12.5. The molecule has 0 fully saturated rings. The molecule has 0 aromatic heterocycles. The molecule has 0 unspecified atom stereocenters. The quantitative estimate of drug-likeness (QED) is 0.803. The second-order valence-corrected chi connectivity index (χ2v) is 7.55. The van der Waals surface area contributed by atoms with E-state index in [9.17, 15) is 14.4 Å². The number of esters is 1. The van der Waals surface area contributed by atoms with Gasteiger partial charge in [-0.25, -0.2) is 0 Å². The average Bonchev–Trinajstić information content (AvgIpc) is 2.66. The number of hydrogen-bond donors (Lipinski definition) is 1. The van der Waals surface area contributed by atoms with Gasteiger partial charge >= 0.3 is 5.97 Å². The molecule has 1 aliphatic rings. The van der Waals surface area contributed by atoms with Crippen LogP contribution in [-0.2, 0) is 19.1 Å². The van der Waals surface area contributed by atoms with Crippen molar-refractivity contribution in [3.8, 4) is 0 Å². The maximum absolute atomic E-state index is 12.5. The highest BCUT2D eigenvalue weighted by Crippen LogP contribution is 2.37. The summed E-state index contributed by atoms with van der Waals surface area (Å²) in [7, 11) is 3.21. The summed E-state index contributed by atoms with van der Waals surface area (Å²) >= 11 is 1.32. The summed E-state index contributed by atoms with van der Waals surface area (Å²) in [5, 5.41) is 2.20. The van der Waals surface area contributed by atoms with Gasteiger partial charge < -0.3 is 15.0 Å². The smallest absolute Gasteiger partial charge is 0.308 e. The molecule has 2 atom stereocenters. The third-order valence-electron chi connectivity index (χ3n) is 4.08. The van der Waals surface area contributed by atoms with Gasteiger partial charge in [0.1, 0.15) is 0 Å². The van der Waals surface area contributed by atoms with Gasteiger partial charge in [0.25, 0.3) is 5.91 Å². The van der Waals surface area contributed by atoms with Crippen molar-refractivity contribution in [1.29, 1.82) is 0 Å². The lowest BCUT2D eigenvalue weighted by Crippen LogP contribution is -2.34. The van der Waals surface area contributed by atoms with Gasteiger partial charge in [-0.15, -0.1) is 11.8 Å². The van der Waals surface area contributed by atoms with E-state index in [0.717, 1.165) is 10.6 Å². The fourth-order valence-electron chi connectivity index (χ4n) is 2.68. The molecule has 0 radical (unpaired) electrons. The molecule has 2 aromatic carbocycles. The first kappa shape index (κ1) is 19.0. The number of thioether (sulfide) groups is 1. The Balaban J connectivity index is 1.71. The molecule has 0 bridgehead atoms. The van der Waals surface area contributed by atoms with Crippen LogP contribution in [0.1, 0.15) is 18.1 Å². The first-order chi connectivity index (χ1) is 13.0. The van der Waals surface area contributed by atoms with Gasteiger partial charge in [0.15, 0.2) is 0 Å². The molecule has 140 valence electrons. The minimum atomic E-state index is -1.03. The van der Waals surface area contributed by atoms with Gasteiger partial charge in [0, 0.05) is 24.6 Å². The number of carbonyl (C=O) groups is 3. The minimum absolute atomic E-state index is 0.116. The van der Waals surface area contributed by atoms with E-state index in [1.165, 1.54) is 16.7 Å². The molecule has 1 heterocycles. The highest BCUT2D eigenvalue weighted by molar-refractivity contribution is 8.01. The Labute approximate surface area is 161 Å². The van der Waals surface area contributed by atoms with Crippen LogP contribution in [0.4, 0.5) is 5.69 Å². The second kappa shape index (κ2) is 8.26. The van der Waals surface area contributed by atoms with Crippen LogP contribution in [0.5, 0.6) is 0 Å². The van der Waals surface area contributed by atoms with Crippen molar-refractivity contribution >= 4 is 35.2 Å². The summed E-state index contributed by atoms with van der Waals surface area (Å²) in [4.78, 5) is 39.5. The third-order valence-corrected chi connectivity index (χ3v) is 5.35. The third kappa shape index (κ3) is 4.49. The molecule has 2 aromatic rings. The van der Waals surface area contributed by atoms with Gasteiger partial charge in [0.2, 0.25) is 12.0 Å². The summed E-state index contributed by atoms with van der Waals surface area (Å²) < 4.78 is 5.48. The Bertz CT molecular complexity index is 854. The fourth-order valence-corrected chi connectivity index (χ4v) is 3.78. The molecule has 1 N–H and O–H groups in total. The largest absolute Gasteiger partial charge is 0.447 e. The lowest BCUT2D eigenvalue weighted by molar-refractivity contribution is -0.160. The second-order valence-electron chi connectivity index (χ2n) is 6.31. The Morgan fingerprint density at radius 2 is 1.78 bits per heavy atom. The van der Waals surface area contributed by atoms with Gasteiger partial charge in [-0.3, -0.25) is 14.4 Å². The topological polar surface area (TPSA) is 75.7 Å². The number of likely N-dealkylation sites (N-methyl/N-ethyl adjacent to an activating group) is 1. The zero-order valence-corrected chi connectivity index (χ0v) is 15.9. The number of nitrogens with one attached hydrogen (secondary N) is 1. The number of rotatable bonds is 5. The molecule has 0 saturated heterocycles. The molecule has 27 heavy (non-hydrogen) atoms. The molecule has 0 saturated carbocycles. The van der Waals surface area contributed by atoms with Crippen molar-refractivity contribution in [3.63, 3.8) is 0 Å². The van der Waals surface area contributed by atoms with E-state index >= 15 is 0 Å². The van der Waals surface area contributed by atoms with Crippen molar-refractivity contribution in [1.82, 2.24) is 4.90 Å². The Hall–Kier alpha value is -2.80. The summed E-state index contributed by atoms with van der Waals surface area (Å²) in [5.41, 5.74) is 1.33. The van der Waals surface area contributed by atoms with Crippen LogP contribution in [0.15, 0.2) is 59.5 Å². The molecular weight excluding hydrogens is 364 g/mol. The van der Waals surface area contributed by atoms with E-state index in [4.69, 9.17) is 4.74 Å². The number of benzene rings is 2. The van der Waals surface area contributed by atoms with Crippen LogP contribution in [0.25, 0.3) is 0 Å². The van der Waals surface area contributed by atoms with E-state index in [2.05, 4.69) is 5.32 Å². The van der Waals surface area contributed by atoms with Crippen molar-refractivity contribution in [3.05, 3.63) is 60.2 Å². The highest BCUT2D eigenvalue weighted by atomic mass is 32.2. The summed E-state index contributed by atoms with van der Waals surface area (Å²) in [6.07, 6.45) is -1.15. The predicted molar refractivity (Wildman–Crippen MR) is 103 cm³/mol. The van der Waals surface area contributed by atoms with E-state index in [0.29, 0.717) is 5.56 Å². The number of carbonyl (C=O) groups excluding carboxylic acids is 3. The van der Waals surface area contributed by atoms with Crippen molar-refractivity contribution in [2.24, 2.45) is 0 Å². The van der Waals surface area contributed by atoms with Gasteiger partial charge in [-0.2, -0.15) is 0 Å². The number of nitrogens with zero attached hydrogens (tertiary/aromatic N) is 1. The van der Waals surface area contributed by atoms with Gasteiger partial charge in [0.05, 0.1) is 17.4 Å². The van der Waals surface area contributed by atoms with Crippen LogP contribution in [0, 0.1) is 0 Å². The predicted octanol–water partition coefficient (Wildman–Crippen LogP) is 2.86. The van der Waals surface area contributed by atoms with Crippen molar-refractivity contribution in [2.45, 2.75) is 22.7 Å². The van der Waals surface area contributed by atoms with Crippen LogP contribution in [0.2, 0.25) is 0 Å². The number of para-hydroxylation sites is 1. The molecule has 0 aliphatic carbocycles. The maximum Gasteiger partial charge on any atom is 0.308 e. The summed E-state index contributed by atoms with van der Waals surface area (Å²) in [5.74, 6) is -1.17. The Morgan fingerprint density at radius 1 is 1.11 bits per heavy atom. The summed E-state index contributed by atoms with van der Waals surface area (Å²) in [6.45, 7) is 0. The molecule has 1 aliphatic heterocycles. The highest BCUT2D eigenvalue weighted by Gasteiger charge is 2.32. The first-order valence-electron chi connectivity index (χ1n) is 8.48. The first-order valence-corrected chi connectivity index (χ1v) is 9.36. The molecule has 6 nitrogen and oxygen atoms in total. The molecule has 7 heteroatoms. The molecule has 2 amide bonds. The number of amides is 2. The van der Waals surface area contributed by atoms with E-state index in [1.807, 2.05) is 30.3 Å². The molecular formula is C20H20N2O4S. The Kier molecular flexibility index (Phi) is 5.81. The zero-order valence-electron chi connectivity index (χ0n) is 15.0. The lowest BCUT2D eigenvalue weighted by atomic mass is 10.1. The van der Waals surface area contributed by atoms with Gasteiger partial charge in [-0.05, 0) is 12.1 Å². The average molecular weight is 384 g/mol. The van der Waals surface area contributed by atoms with E-state index in [-0.39, 0.29) is 18.2 Å².